The topological polar surface area (TPSA) is 107 Å². The monoisotopic (exact) mass is 467 g/mol. The van der Waals surface area contributed by atoms with Crippen LogP contribution in [-0.4, -0.2) is 57.8 Å². The molecular weight excluding hydrogens is 442 g/mol. The molecule has 0 unspecified atom stereocenters. The van der Waals surface area contributed by atoms with Crippen LogP contribution in [0.3, 0.4) is 0 Å². The van der Waals surface area contributed by atoms with Crippen LogP contribution in [0.2, 0.25) is 0 Å². The van der Waals surface area contributed by atoms with Gasteiger partial charge < -0.3 is 9.47 Å². The van der Waals surface area contributed by atoms with Gasteiger partial charge in [-0.2, -0.15) is 0 Å². The molecule has 0 bridgehead atoms. The summed E-state index contributed by atoms with van der Waals surface area (Å²) in [4.78, 5) is 12.8. The number of sulfone groups is 1. The fraction of sp³-hybridized carbons (Fsp3) is 0.381. The summed E-state index contributed by atoms with van der Waals surface area (Å²) in [5.41, 5.74) is 0. The Balaban J connectivity index is 1.91. The molecule has 0 saturated carbocycles. The van der Waals surface area contributed by atoms with Gasteiger partial charge in [0, 0.05) is 13.1 Å². The summed E-state index contributed by atoms with van der Waals surface area (Å²) in [6.07, 6.45) is 0.706. The van der Waals surface area contributed by atoms with Crippen molar-refractivity contribution in [2.75, 3.05) is 26.0 Å². The van der Waals surface area contributed by atoms with Crippen LogP contribution in [0.25, 0.3) is 0 Å². The molecule has 8 nitrogen and oxygen atoms in total. The molecule has 2 aromatic rings. The van der Waals surface area contributed by atoms with Crippen LogP contribution >= 0.6 is 0 Å². The summed E-state index contributed by atoms with van der Waals surface area (Å²) in [7, 11) is -7.64. The van der Waals surface area contributed by atoms with Gasteiger partial charge in [0.05, 0.1) is 17.8 Å². The first-order chi connectivity index (χ1) is 14.6. The second kappa shape index (κ2) is 8.97. The molecule has 3 rings (SSSR count). The summed E-state index contributed by atoms with van der Waals surface area (Å²) < 4.78 is 60.9. The lowest BCUT2D eigenvalue weighted by Gasteiger charge is -2.38. The molecule has 0 amide bonds. The largest absolute Gasteiger partial charge is 0.465 e. The number of nitrogens with zero attached hydrogens (tertiary/aromatic N) is 1. The Hall–Kier alpha value is -2.43. The molecule has 168 valence electrons. The molecule has 0 spiro atoms. The molecular formula is C21H25NO7S2. The number of hydrogen-bond donors (Lipinski definition) is 0. The summed E-state index contributed by atoms with van der Waals surface area (Å²) in [5.74, 6) is 0.198. The summed E-state index contributed by atoms with van der Waals surface area (Å²) >= 11 is 0. The van der Waals surface area contributed by atoms with Gasteiger partial charge in [-0.1, -0.05) is 18.2 Å². The van der Waals surface area contributed by atoms with Crippen LogP contribution in [0.5, 0.6) is 11.5 Å². The smallest absolute Gasteiger partial charge is 0.327 e. The van der Waals surface area contributed by atoms with Gasteiger partial charge in [0.25, 0.3) is 0 Å². The molecule has 0 atom stereocenters. The minimum absolute atomic E-state index is 0.0236. The van der Waals surface area contributed by atoms with E-state index in [1.54, 1.807) is 19.1 Å². The first-order valence-electron chi connectivity index (χ1n) is 9.80. The highest BCUT2D eigenvalue weighted by molar-refractivity contribution is 7.93. The van der Waals surface area contributed by atoms with Crippen LogP contribution < -0.4 is 4.74 Å². The average Bonchev–Trinajstić information content (AvgIpc) is 2.74. The van der Waals surface area contributed by atoms with E-state index in [0.29, 0.717) is 11.5 Å². The Bertz CT molecular complexity index is 1120. The van der Waals surface area contributed by atoms with Gasteiger partial charge in [0.1, 0.15) is 11.5 Å². The molecule has 10 heteroatoms. The van der Waals surface area contributed by atoms with Crippen molar-refractivity contribution >= 4 is 25.8 Å². The first-order valence-corrected chi connectivity index (χ1v) is 13.1. The number of rotatable bonds is 7. The average molecular weight is 468 g/mol. The molecule has 1 aliphatic heterocycles. The second-order valence-electron chi connectivity index (χ2n) is 7.27. The number of carbonyl (C=O) groups is 1. The lowest BCUT2D eigenvalue weighted by atomic mass is 9.97. The number of benzene rings is 2. The second-order valence-corrected chi connectivity index (χ2v) is 11.5. The van der Waals surface area contributed by atoms with E-state index in [2.05, 4.69) is 0 Å². The van der Waals surface area contributed by atoms with Crippen LogP contribution in [0, 0.1) is 0 Å². The van der Waals surface area contributed by atoms with E-state index < -0.39 is 30.6 Å². The van der Waals surface area contributed by atoms with Gasteiger partial charge >= 0.3 is 5.97 Å². The maximum absolute atomic E-state index is 13.5. The zero-order valence-corrected chi connectivity index (χ0v) is 19.0. The molecule has 1 aliphatic rings. The zero-order valence-electron chi connectivity index (χ0n) is 17.4. The van der Waals surface area contributed by atoms with Crippen LogP contribution in [-0.2, 0) is 29.4 Å². The molecule has 0 radical (unpaired) electrons. The van der Waals surface area contributed by atoms with Gasteiger partial charge in [-0.15, -0.1) is 0 Å². The Morgan fingerprint density at radius 3 is 2.00 bits per heavy atom. The van der Waals surface area contributed by atoms with Gasteiger partial charge in [-0.05, 0) is 56.2 Å². The minimum atomic E-state index is -4.16. The molecule has 0 aliphatic carbocycles. The third kappa shape index (κ3) is 4.76. The number of sulfonamides is 1. The van der Waals surface area contributed by atoms with Crippen LogP contribution in [0.1, 0.15) is 19.8 Å². The Kier molecular flexibility index (Phi) is 6.73. The molecule has 1 saturated heterocycles. The van der Waals surface area contributed by atoms with Gasteiger partial charge in [0.15, 0.2) is 14.6 Å². The van der Waals surface area contributed by atoms with E-state index in [0.717, 1.165) is 6.26 Å². The SMILES string of the molecule is CCOC(=O)C1(S(=O)(=O)c2ccc(Oc3ccccc3)cc2)CCN(S(C)(=O)=O)CC1. The van der Waals surface area contributed by atoms with E-state index in [1.165, 1.54) is 28.6 Å². The molecule has 0 aromatic heterocycles. The highest BCUT2D eigenvalue weighted by atomic mass is 32.2. The number of carbonyl (C=O) groups excluding carboxylic acids is 1. The summed E-state index contributed by atoms with van der Waals surface area (Å²) in [6, 6.07) is 14.8. The Morgan fingerprint density at radius 1 is 0.935 bits per heavy atom. The minimum Gasteiger partial charge on any atom is -0.465 e. The van der Waals surface area contributed by atoms with E-state index in [-0.39, 0.29) is 37.4 Å². The van der Waals surface area contributed by atoms with Gasteiger partial charge in [-0.3, -0.25) is 4.79 Å². The third-order valence-electron chi connectivity index (χ3n) is 5.27. The fourth-order valence-corrected chi connectivity index (χ4v) is 6.35. The number of para-hydroxylation sites is 1. The molecule has 31 heavy (non-hydrogen) atoms. The van der Waals surface area contributed by atoms with Gasteiger partial charge in [-0.25, -0.2) is 21.1 Å². The quantitative estimate of drug-likeness (QED) is 0.576. The van der Waals surface area contributed by atoms with E-state index in [9.17, 15) is 21.6 Å². The van der Waals surface area contributed by atoms with Crippen molar-refractivity contribution in [2.24, 2.45) is 0 Å². The lowest BCUT2D eigenvalue weighted by Crippen LogP contribution is -2.55. The van der Waals surface area contributed by atoms with Crippen molar-refractivity contribution in [2.45, 2.75) is 29.4 Å². The van der Waals surface area contributed by atoms with E-state index in [4.69, 9.17) is 9.47 Å². The normalized spacial score (nSPS) is 17.1. The van der Waals surface area contributed by atoms with Crippen molar-refractivity contribution in [3.8, 4) is 11.5 Å². The fourth-order valence-electron chi connectivity index (χ4n) is 3.56. The Morgan fingerprint density at radius 2 is 1.48 bits per heavy atom. The predicted octanol–water partition coefficient (Wildman–Crippen LogP) is 2.61. The molecule has 1 fully saturated rings. The summed E-state index contributed by atoms with van der Waals surface area (Å²) in [5, 5.41) is 0. The van der Waals surface area contributed by atoms with Crippen molar-refractivity contribution in [1.82, 2.24) is 4.31 Å². The number of piperidine rings is 1. The van der Waals surface area contributed by atoms with Crippen molar-refractivity contribution in [3.05, 3.63) is 54.6 Å². The Labute approximate surface area is 182 Å². The van der Waals surface area contributed by atoms with Crippen molar-refractivity contribution in [3.63, 3.8) is 0 Å². The zero-order chi connectivity index (χ0) is 22.7. The number of esters is 1. The predicted molar refractivity (Wildman–Crippen MR) is 115 cm³/mol. The molecule has 2 aromatic carbocycles. The van der Waals surface area contributed by atoms with Crippen molar-refractivity contribution < 1.29 is 31.1 Å². The number of hydrogen-bond acceptors (Lipinski definition) is 7. The van der Waals surface area contributed by atoms with E-state index in [1.807, 2.05) is 18.2 Å². The van der Waals surface area contributed by atoms with Crippen LogP contribution in [0.4, 0.5) is 0 Å². The van der Waals surface area contributed by atoms with E-state index >= 15 is 0 Å². The highest BCUT2D eigenvalue weighted by Gasteiger charge is 2.54. The third-order valence-corrected chi connectivity index (χ3v) is 9.07. The molecule has 0 N–H and O–H groups in total. The first kappa shape index (κ1) is 23.2. The standard InChI is InChI=1S/C21H25NO7S2/c1-3-28-20(23)21(13-15-22(16-14-21)30(2,24)25)31(26,27)19-11-9-18(10-12-19)29-17-7-5-4-6-8-17/h4-12H,3,13-16H2,1-2H3. The van der Waals surface area contributed by atoms with Crippen LogP contribution in [0.15, 0.2) is 59.5 Å². The summed E-state index contributed by atoms with van der Waals surface area (Å²) in [6.45, 7) is 1.47. The molecule has 1 heterocycles. The maximum atomic E-state index is 13.5. The van der Waals surface area contributed by atoms with Gasteiger partial charge in [0.2, 0.25) is 10.0 Å². The maximum Gasteiger partial charge on any atom is 0.327 e. The number of ether oxygens (including phenoxy) is 2. The van der Waals surface area contributed by atoms with Crippen molar-refractivity contribution in [1.29, 1.82) is 0 Å². The lowest BCUT2D eigenvalue weighted by molar-refractivity contribution is -0.147. The highest BCUT2D eigenvalue weighted by Crippen LogP contribution is 2.38.